The van der Waals surface area contributed by atoms with Crippen molar-refractivity contribution in [3.8, 4) is 0 Å². The van der Waals surface area contributed by atoms with Crippen LogP contribution < -0.4 is 0 Å². The molecule has 4 heteroatoms. The van der Waals surface area contributed by atoms with Crippen LogP contribution in [0.4, 0.5) is 4.39 Å². The molecule has 80 valence electrons. The maximum Gasteiger partial charge on any atom is 0.309 e. The molecule has 0 aliphatic heterocycles. The number of ether oxygens (including phenoxy) is 1. The SMILES string of the molecule is COC(=O)C1CC1c1ccc(Br)cc1F. The minimum atomic E-state index is -0.263. The van der Waals surface area contributed by atoms with Crippen LogP contribution in [0.15, 0.2) is 22.7 Å². The zero-order chi connectivity index (χ0) is 11.0. The van der Waals surface area contributed by atoms with Gasteiger partial charge in [-0.2, -0.15) is 0 Å². The van der Waals surface area contributed by atoms with Gasteiger partial charge >= 0.3 is 5.97 Å². The fourth-order valence-corrected chi connectivity index (χ4v) is 2.09. The number of hydrogen-bond donors (Lipinski definition) is 0. The van der Waals surface area contributed by atoms with E-state index in [1.807, 2.05) is 0 Å². The van der Waals surface area contributed by atoms with Crippen molar-refractivity contribution < 1.29 is 13.9 Å². The summed E-state index contributed by atoms with van der Waals surface area (Å²) in [5.74, 6) is -0.681. The molecule has 0 amide bonds. The van der Waals surface area contributed by atoms with E-state index in [2.05, 4.69) is 20.7 Å². The molecular weight excluding hydrogens is 263 g/mol. The van der Waals surface area contributed by atoms with Crippen molar-refractivity contribution in [1.29, 1.82) is 0 Å². The van der Waals surface area contributed by atoms with E-state index in [1.165, 1.54) is 13.2 Å². The average molecular weight is 273 g/mol. The summed E-state index contributed by atoms with van der Waals surface area (Å²) in [6.07, 6.45) is 0.686. The van der Waals surface area contributed by atoms with Crippen molar-refractivity contribution in [2.75, 3.05) is 7.11 Å². The quantitative estimate of drug-likeness (QED) is 0.774. The molecule has 1 aromatic carbocycles. The van der Waals surface area contributed by atoms with Crippen LogP contribution in [-0.4, -0.2) is 13.1 Å². The van der Waals surface area contributed by atoms with Crippen LogP contribution in [0.25, 0.3) is 0 Å². The van der Waals surface area contributed by atoms with Crippen LogP contribution in [0, 0.1) is 11.7 Å². The Kier molecular flexibility index (Phi) is 2.78. The van der Waals surface area contributed by atoms with Crippen LogP contribution in [0.5, 0.6) is 0 Å². The van der Waals surface area contributed by atoms with Gasteiger partial charge < -0.3 is 4.74 Å². The fraction of sp³-hybridized carbons (Fsp3) is 0.364. The molecule has 2 unspecified atom stereocenters. The molecule has 15 heavy (non-hydrogen) atoms. The summed E-state index contributed by atoms with van der Waals surface area (Å²) < 4.78 is 18.8. The summed E-state index contributed by atoms with van der Waals surface area (Å²) in [4.78, 5) is 11.2. The van der Waals surface area contributed by atoms with Gasteiger partial charge in [0.1, 0.15) is 5.82 Å². The Morgan fingerprint density at radius 1 is 1.60 bits per heavy atom. The summed E-state index contributed by atoms with van der Waals surface area (Å²) in [6, 6.07) is 4.92. The third-order valence-electron chi connectivity index (χ3n) is 2.66. The monoisotopic (exact) mass is 272 g/mol. The third-order valence-corrected chi connectivity index (χ3v) is 3.15. The maximum atomic E-state index is 13.5. The van der Waals surface area contributed by atoms with Gasteiger partial charge in [0, 0.05) is 10.4 Å². The summed E-state index contributed by atoms with van der Waals surface area (Å²) in [5.41, 5.74) is 0.605. The first-order valence-corrected chi connectivity index (χ1v) is 5.45. The topological polar surface area (TPSA) is 26.3 Å². The zero-order valence-electron chi connectivity index (χ0n) is 8.17. The number of benzene rings is 1. The molecule has 0 heterocycles. The van der Waals surface area contributed by atoms with Crippen molar-refractivity contribution in [3.63, 3.8) is 0 Å². The highest BCUT2D eigenvalue weighted by Gasteiger charge is 2.46. The highest BCUT2D eigenvalue weighted by Crippen LogP contribution is 2.49. The van der Waals surface area contributed by atoms with E-state index in [9.17, 15) is 9.18 Å². The molecule has 0 aromatic heterocycles. The number of carbonyl (C=O) groups excluding carboxylic acids is 1. The molecule has 2 nitrogen and oxygen atoms in total. The van der Waals surface area contributed by atoms with Crippen LogP contribution in [0.3, 0.4) is 0 Å². The van der Waals surface area contributed by atoms with Crippen molar-refractivity contribution in [2.45, 2.75) is 12.3 Å². The Balaban J connectivity index is 2.16. The van der Waals surface area contributed by atoms with E-state index in [4.69, 9.17) is 0 Å². The van der Waals surface area contributed by atoms with E-state index < -0.39 is 0 Å². The molecule has 0 bridgehead atoms. The molecule has 1 aliphatic rings. The lowest BCUT2D eigenvalue weighted by Crippen LogP contribution is -2.04. The average Bonchev–Trinajstić information content (AvgIpc) is 2.96. The Labute approximate surface area is 95.6 Å². The van der Waals surface area contributed by atoms with Gasteiger partial charge in [-0.3, -0.25) is 4.79 Å². The normalized spacial score (nSPS) is 23.7. The predicted octanol–water partition coefficient (Wildman–Crippen LogP) is 2.86. The largest absolute Gasteiger partial charge is 0.469 e. The van der Waals surface area contributed by atoms with Gasteiger partial charge in [-0.15, -0.1) is 0 Å². The summed E-state index contributed by atoms with van der Waals surface area (Å²) in [5, 5.41) is 0. The van der Waals surface area contributed by atoms with E-state index in [0.29, 0.717) is 16.5 Å². The summed E-state index contributed by atoms with van der Waals surface area (Å²) in [7, 11) is 1.36. The molecule has 2 rings (SSSR count). The molecule has 0 saturated heterocycles. The Hall–Kier alpha value is -0.900. The van der Waals surface area contributed by atoms with Crippen molar-refractivity contribution >= 4 is 21.9 Å². The number of halogens is 2. The molecule has 1 aromatic rings. The van der Waals surface area contributed by atoms with Gasteiger partial charge in [0.05, 0.1) is 13.0 Å². The Morgan fingerprint density at radius 3 is 2.93 bits per heavy atom. The highest BCUT2D eigenvalue weighted by molar-refractivity contribution is 9.10. The highest BCUT2D eigenvalue weighted by atomic mass is 79.9. The molecule has 1 aliphatic carbocycles. The number of esters is 1. The fourth-order valence-electron chi connectivity index (χ4n) is 1.75. The van der Waals surface area contributed by atoms with Gasteiger partial charge in [0.2, 0.25) is 0 Å². The standard InChI is InChI=1S/C11H10BrFO2/c1-15-11(14)9-5-8(9)7-3-2-6(12)4-10(7)13/h2-4,8-9H,5H2,1H3. The minimum Gasteiger partial charge on any atom is -0.469 e. The molecule has 1 saturated carbocycles. The predicted molar refractivity (Wildman–Crippen MR) is 57.0 cm³/mol. The van der Waals surface area contributed by atoms with Gasteiger partial charge in [0.25, 0.3) is 0 Å². The van der Waals surface area contributed by atoms with Gasteiger partial charge in [-0.05, 0) is 24.1 Å². The van der Waals surface area contributed by atoms with E-state index in [-0.39, 0.29) is 23.6 Å². The molecule has 0 N–H and O–H groups in total. The number of methoxy groups -OCH3 is 1. The molecule has 0 radical (unpaired) electrons. The van der Waals surface area contributed by atoms with Gasteiger partial charge in [-0.25, -0.2) is 4.39 Å². The molecule has 2 atom stereocenters. The second kappa shape index (κ2) is 3.93. The number of carbonyl (C=O) groups is 1. The second-order valence-corrected chi connectivity index (χ2v) is 4.55. The van der Waals surface area contributed by atoms with Crippen molar-refractivity contribution in [1.82, 2.24) is 0 Å². The zero-order valence-corrected chi connectivity index (χ0v) is 9.75. The minimum absolute atomic E-state index is 0.00875. The summed E-state index contributed by atoms with van der Waals surface area (Å²) >= 11 is 3.19. The van der Waals surface area contributed by atoms with Crippen LogP contribution in [0.2, 0.25) is 0 Å². The maximum absolute atomic E-state index is 13.5. The first-order valence-electron chi connectivity index (χ1n) is 4.66. The third kappa shape index (κ3) is 2.04. The van der Waals surface area contributed by atoms with E-state index in [0.717, 1.165) is 0 Å². The molecule has 0 spiro atoms. The van der Waals surface area contributed by atoms with Crippen molar-refractivity contribution in [3.05, 3.63) is 34.1 Å². The number of rotatable bonds is 2. The lowest BCUT2D eigenvalue weighted by Gasteiger charge is -2.02. The van der Waals surface area contributed by atoms with Crippen LogP contribution >= 0.6 is 15.9 Å². The van der Waals surface area contributed by atoms with Gasteiger partial charge in [0.15, 0.2) is 0 Å². The Bertz CT molecular complexity index is 406. The van der Waals surface area contributed by atoms with Gasteiger partial charge in [-0.1, -0.05) is 22.0 Å². The first kappa shape index (κ1) is 10.6. The van der Waals surface area contributed by atoms with Crippen molar-refractivity contribution in [2.24, 2.45) is 5.92 Å². The lowest BCUT2D eigenvalue weighted by molar-refractivity contribution is -0.142. The summed E-state index contributed by atoms with van der Waals surface area (Å²) in [6.45, 7) is 0. The second-order valence-electron chi connectivity index (χ2n) is 3.64. The molecule has 1 fully saturated rings. The number of hydrogen-bond acceptors (Lipinski definition) is 2. The van der Waals surface area contributed by atoms with E-state index in [1.54, 1.807) is 12.1 Å². The lowest BCUT2D eigenvalue weighted by atomic mass is 10.1. The van der Waals surface area contributed by atoms with Crippen LogP contribution in [-0.2, 0) is 9.53 Å². The Morgan fingerprint density at radius 2 is 2.33 bits per heavy atom. The van der Waals surface area contributed by atoms with Crippen LogP contribution in [0.1, 0.15) is 17.9 Å². The molecular formula is C11H10BrFO2. The van der Waals surface area contributed by atoms with E-state index >= 15 is 0 Å². The first-order chi connectivity index (χ1) is 7.13. The smallest absolute Gasteiger partial charge is 0.309 e.